The van der Waals surface area contributed by atoms with Gasteiger partial charge in [-0.15, -0.1) is 6.58 Å². The Bertz CT molecular complexity index is 669. The number of carbonyl (C=O) groups is 2. The van der Waals surface area contributed by atoms with Crippen molar-refractivity contribution in [1.82, 2.24) is 5.32 Å². The number of nitrogens with one attached hydrogen (secondary N) is 1. The number of carbonyl (C=O) groups excluding carboxylic acids is 1. The van der Waals surface area contributed by atoms with Crippen molar-refractivity contribution in [1.29, 1.82) is 0 Å². The van der Waals surface area contributed by atoms with Gasteiger partial charge in [-0.1, -0.05) is 44.9 Å². The molecule has 5 atom stereocenters. The van der Waals surface area contributed by atoms with Crippen molar-refractivity contribution < 1.29 is 14.7 Å². The van der Waals surface area contributed by atoms with E-state index in [9.17, 15) is 9.59 Å². The fourth-order valence-electron chi connectivity index (χ4n) is 6.37. The first-order chi connectivity index (χ1) is 12.6. The minimum Gasteiger partial charge on any atom is -0.481 e. The monoisotopic (exact) mass is 373 g/mol. The van der Waals surface area contributed by atoms with Crippen LogP contribution in [-0.2, 0) is 9.59 Å². The molecule has 0 spiro atoms. The van der Waals surface area contributed by atoms with Gasteiger partial charge in [-0.3, -0.25) is 9.59 Å². The molecular formula is C23H35NO3. The fourth-order valence-corrected chi connectivity index (χ4v) is 6.37. The van der Waals surface area contributed by atoms with Crippen LogP contribution in [-0.4, -0.2) is 23.5 Å². The van der Waals surface area contributed by atoms with Gasteiger partial charge in [0, 0.05) is 12.0 Å². The highest BCUT2D eigenvalue weighted by Crippen LogP contribution is 2.63. The quantitative estimate of drug-likeness (QED) is 0.686. The lowest BCUT2D eigenvalue weighted by Crippen LogP contribution is -2.55. The molecule has 4 heteroatoms. The van der Waals surface area contributed by atoms with Crippen molar-refractivity contribution in [2.24, 2.45) is 28.1 Å². The van der Waals surface area contributed by atoms with Gasteiger partial charge < -0.3 is 10.4 Å². The molecule has 0 aliphatic heterocycles. The van der Waals surface area contributed by atoms with Crippen LogP contribution in [0, 0.1) is 28.1 Å². The number of hydrogen-bond acceptors (Lipinski definition) is 2. The normalized spacial score (nSPS) is 40.9. The Morgan fingerprint density at radius 3 is 2.70 bits per heavy atom. The molecule has 4 nitrogen and oxygen atoms in total. The Kier molecular flexibility index (Phi) is 5.31. The van der Waals surface area contributed by atoms with Crippen LogP contribution in [0.2, 0.25) is 0 Å². The van der Waals surface area contributed by atoms with E-state index in [1.807, 2.05) is 0 Å². The predicted molar refractivity (Wildman–Crippen MR) is 107 cm³/mol. The fraction of sp³-hybridized carbons (Fsp3) is 0.739. The first-order valence-corrected chi connectivity index (χ1v) is 10.5. The largest absolute Gasteiger partial charge is 0.481 e. The maximum absolute atomic E-state index is 13.1. The summed E-state index contributed by atoms with van der Waals surface area (Å²) in [6.45, 7) is 11.1. The van der Waals surface area contributed by atoms with E-state index in [0.717, 1.165) is 38.5 Å². The number of fused-ring (bicyclic) bond motifs is 3. The lowest BCUT2D eigenvalue weighted by atomic mass is 9.46. The summed E-state index contributed by atoms with van der Waals surface area (Å²) >= 11 is 0. The van der Waals surface area contributed by atoms with Gasteiger partial charge in [-0.2, -0.15) is 0 Å². The highest BCUT2D eigenvalue weighted by Gasteiger charge is 2.57. The molecule has 0 aromatic carbocycles. The van der Waals surface area contributed by atoms with Crippen LogP contribution in [0.15, 0.2) is 24.3 Å². The number of carboxylic acid groups (broad SMARTS) is 1. The molecule has 0 radical (unpaired) electrons. The van der Waals surface area contributed by atoms with E-state index in [1.54, 1.807) is 5.57 Å². The Balaban J connectivity index is 1.84. The summed E-state index contributed by atoms with van der Waals surface area (Å²) in [5.74, 6) is 0.122. The molecule has 27 heavy (non-hydrogen) atoms. The van der Waals surface area contributed by atoms with E-state index in [1.165, 1.54) is 6.42 Å². The lowest BCUT2D eigenvalue weighted by Gasteiger charge is -2.58. The van der Waals surface area contributed by atoms with E-state index in [2.05, 4.69) is 44.8 Å². The molecule has 2 N–H and O–H groups in total. The number of amides is 1. The van der Waals surface area contributed by atoms with E-state index < -0.39 is 11.4 Å². The summed E-state index contributed by atoms with van der Waals surface area (Å²) in [5, 5.41) is 11.8. The van der Waals surface area contributed by atoms with Gasteiger partial charge in [0.15, 0.2) is 0 Å². The molecule has 3 aliphatic rings. The zero-order chi connectivity index (χ0) is 19.9. The van der Waals surface area contributed by atoms with Crippen molar-refractivity contribution in [2.75, 3.05) is 6.54 Å². The second kappa shape index (κ2) is 7.10. The maximum atomic E-state index is 13.1. The van der Waals surface area contributed by atoms with Gasteiger partial charge in [0.2, 0.25) is 5.91 Å². The summed E-state index contributed by atoms with van der Waals surface area (Å²) in [7, 11) is 0. The molecule has 150 valence electrons. The third-order valence-corrected chi connectivity index (χ3v) is 7.97. The van der Waals surface area contributed by atoms with Crippen molar-refractivity contribution in [3.8, 4) is 0 Å². The molecule has 0 heterocycles. The highest BCUT2D eigenvalue weighted by atomic mass is 16.4. The molecule has 0 aromatic rings. The summed E-state index contributed by atoms with van der Waals surface area (Å²) in [4.78, 5) is 23.9. The second-order valence-electron chi connectivity index (χ2n) is 9.84. The van der Waals surface area contributed by atoms with Crippen LogP contribution in [0.3, 0.4) is 0 Å². The van der Waals surface area contributed by atoms with Crippen LogP contribution >= 0.6 is 0 Å². The first-order valence-electron chi connectivity index (χ1n) is 10.5. The zero-order valence-electron chi connectivity index (χ0n) is 17.1. The Hall–Kier alpha value is -1.58. The van der Waals surface area contributed by atoms with Gasteiger partial charge in [-0.25, -0.2) is 0 Å². The SMILES string of the molecule is C=CC1(C)CC=C2C(CCC3C(C)(C(=O)NCCC(=O)O)CCCC23C)C1. The summed E-state index contributed by atoms with van der Waals surface area (Å²) in [6.07, 6.45) is 12.1. The molecule has 3 rings (SSSR count). The smallest absolute Gasteiger partial charge is 0.305 e. The molecule has 3 aliphatic carbocycles. The van der Waals surface area contributed by atoms with Crippen molar-refractivity contribution in [3.63, 3.8) is 0 Å². The van der Waals surface area contributed by atoms with Crippen LogP contribution in [0.5, 0.6) is 0 Å². The molecule has 0 bridgehead atoms. The average molecular weight is 374 g/mol. The predicted octanol–water partition coefficient (Wildman–Crippen LogP) is 4.71. The summed E-state index contributed by atoms with van der Waals surface area (Å²) in [5.41, 5.74) is 1.46. The Morgan fingerprint density at radius 2 is 2.04 bits per heavy atom. The molecular weight excluding hydrogens is 338 g/mol. The highest BCUT2D eigenvalue weighted by molar-refractivity contribution is 5.83. The van der Waals surface area contributed by atoms with E-state index in [4.69, 9.17) is 5.11 Å². The van der Waals surface area contributed by atoms with Gasteiger partial charge in [0.05, 0.1) is 6.42 Å². The average Bonchev–Trinajstić information content (AvgIpc) is 2.60. The zero-order valence-corrected chi connectivity index (χ0v) is 17.1. The molecule has 0 aromatic heterocycles. The maximum Gasteiger partial charge on any atom is 0.305 e. The van der Waals surface area contributed by atoms with Crippen molar-refractivity contribution in [2.45, 2.75) is 72.1 Å². The van der Waals surface area contributed by atoms with Crippen LogP contribution in [0.1, 0.15) is 72.1 Å². The lowest BCUT2D eigenvalue weighted by molar-refractivity contribution is -0.142. The van der Waals surface area contributed by atoms with Crippen LogP contribution in [0.4, 0.5) is 0 Å². The van der Waals surface area contributed by atoms with E-state index in [-0.39, 0.29) is 29.7 Å². The number of aliphatic carboxylic acids is 1. The third-order valence-electron chi connectivity index (χ3n) is 7.97. The summed E-state index contributed by atoms with van der Waals surface area (Å²) in [6, 6.07) is 0. The van der Waals surface area contributed by atoms with E-state index >= 15 is 0 Å². The molecule has 1 amide bonds. The third kappa shape index (κ3) is 3.48. The molecule has 5 unspecified atom stereocenters. The van der Waals surface area contributed by atoms with Gasteiger partial charge in [0.1, 0.15) is 0 Å². The van der Waals surface area contributed by atoms with E-state index in [0.29, 0.717) is 11.8 Å². The number of carboxylic acids is 1. The summed E-state index contributed by atoms with van der Waals surface area (Å²) < 4.78 is 0. The van der Waals surface area contributed by atoms with Crippen LogP contribution in [0.25, 0.3) is 0 Å². The van der Waals surface area contributed by atoms with Crippen molar-refractivity contribution >= 4 is 11.9 Å². The minimum atomic E-state index is -0.868. The topological polar surface area (TPSA) is 66.4 Å². The van der Waals surface area contributed by atoms with Crippen LogP contribution < -0.4 is 5.32 Å². The van der Waals surface area contributed by atoms with Gasteiger partial charge >= 0.3 is 5.97 Å². The molecule has 0 saturated heterocycles. The molecule has 2 fully saturated rings. The number of rotatable bonds is 5. The Morgan fingerprint density at radius 1 is 1.30 bits per heavy atom. The second-order valence-corrected chi connectivity index (χ2v) is 9.84. The van der Waals surface area contributed by atoms with Gasteiger partial charge in [0.25, 0.3) is 0 Å². The first kappa shape index (κ1) is 20.2. The molecule has 2 saturated carbocycles. The standard InChI is InChI=1S/C23H35NO3/c1-5-21(2)13-9-17-16(15-21)7-8-18-22(17,3)11-6-12-23(18,4)20(27)24-14-10-19(25)26/h5,9,16,18H,1,6-8,10-15H2,2-4H3,(H,24,27)(H,25,26). The Labute approximate surface area is 163 Å². The van der Waals surface area contributed by atoms with Gasteiger partial charge in [-0.05, 0) is 61.2 Å². The number of allylic oxidation sites excluding steroid dienone is 3. The van der Waals surface area contributed by atoms with Crippen molar-refractivity contribution in [3.05, 3.63) is 24.3 Å². The number of hydrogen-bond donors (Lipinski definition) is 2. The minimum absolute atomic E-state index is 0.0167.